The minimum absolute atomic E-state index is 0.140. The highest BCUT2D eigenvalue weighted by atomic mass is 19.4. The summed E-state index contributed by atoms with van der Waals surface area (Å²) in [4.78, 5) is 24.5. The number of ether oxygens (including phenoxy) is 2. The number of piperidine rings is 1. The largest absolute Gasteiger partial charge is 0.573 e. The summed E-state index contributed by atoms with van der Waals surface area (Å²) in [5.74, 6) is -0.153. The number of hydrogen-bond acceptors (Lipinski definition) is 6. The number of hydrogen-bond donors (Lipinski definition) is 0. The molecule has 2 heterocycles. The summed E-state index contributed by atoms with van der Waals surface area (Å²) in [5, 5.41) is 0. The lowest BCUT2D eigenvalue weighted by Gasteiger charge is -2.33. The van der Waals surface area contributed by atoms with Crippen LogP contribution in [0, 0.1) is 0 Å². The van der Waals surface area contributed by atoms with E-state index in [1.807, 2.05) is 14.1 Å². The van der Waals surface area contributed by atoms with Crippen LogP contribution in [0.25, 0.3) is 0 Å². The zero-order valence-electron chi connectivity index (χ0n) is 16.0. The highest BCUT2D eigenvalue weighted by molar-refractivity contribution is 5.97. The Labute approximate surface area is 166 Å². The molecule has 2 aromatic rings. The molecule has 29 heavy (non-hydrogen) atoms. The quantitative estimate of drug-likeness (QED) is 0.755. The van der Waals surface area contributed by atoms with E-state index in [9.17, 15) is 18.0 Å². The molecule has 1 aliphatic rings. The fraction of sp³-hybridized carbons (Fsp3) is 0.421. The van der Waals surface area contributed by atoms with Crippen LogP contribution >= 0.6 is 0 Å². The Morgan fingerprint density at radius 1 is 1.21 bits per heavy atom. The minimum atomic E-state index is -4.88. The molecule has 0 N–H and O–H groups in total. The first-order chi connectivity index (χ1) is 13.7. The number of rotatable bonds is 5. The van der Waals surface area contributed by atoms with Crippen LogP contribution in [0.5, 0.6) is 11.6 Å². The van der Waals surface area contributed by atoms with Gasteiger partial charge in [-0.1, -0.05) is 12.1 Å². The molecule has 1 atom stereocenters. The number of carbonyl (C=O) groups is 1. The van der Waals surface area contributed by atoms with Crippen molar-refractivity contribution in [3.8, 4) is 11.6 Å². The van der Waals surface area contributed by atoms with Crippen molar-refractivity contribution in [1.29, 1.82) is 0 Å². The second-order valence-corrected chi connectivity index (χ2v) is 6.76. The van der Waals surface area contributed by atoms with Gasteiger partial charge in [0, 0.05) is 33.0 Å². The van der Waals surface area contributed by atoms with E-state index in [1.165, 1.54) is 29.3 Å². The maximum atomic E-state index is 12.9. The van der Waals surface area contributed by atoms with Crippen LogP contribution in [0.1, 0.15) is 23.2 Å². The summed E-state index contributed by atoms with van der Waals surface area (Å²) in [6, 6.07) is 5.33. The molecule has 0 saturated carbocycles. The van der Waals surface area contributed by atoms with Gasteiger partial charge in [0.15, 0.2) is 5.82 Å². The van der Waals surface area contributed by atoms with Crippen molar-refractivity contribution in [2.45, 2.75) is 25.3 Å². The third-order valence-corrected chi connectivity index (χ3v) is 4.36. The molecule has 0 bridgehead atoms. The maximum absolute atomic E-state index is 12.9. The summed E-state index contributed by atoms with van der Waals surface area (Å²) in [6.07, 6.45) is -0.823. The van der Waals surface area contributed by atoms with Crippen molar-refractivity contribution in [2.75, 3.05) is 32.1 Å². The Morgan fingerprint density at radius 2 is 1.93 bits per heavy atom. The standard InChI is InChI=1S/C19H21F3N4O3/c1-25(2)16-17(24-10-9-23-16)28-13-6-5-11-26(12-13)18(27)14-7-3-4-8-15(14)29-19(20,21)22/h3-4,7-10,13H,5-6,11-12H2,1-2H3. The molecule has 1 aromatic carbocycles. The summed E-state index contributed by atoms with van der Waals surface area (Å²) >= 11 is 0. The van der Waals surface area contributed by atoms with Gasteiger partial charge in [0.05, 0.1) is 12.1 Å². The number of benzene rings is 1. The lowest BCUT2D eigenvalue weighted by Crippen LogP contribution is -2.44. The highest BCUT2D eigenvalue weighted by Crippen LogP contribution is 2.29. The molecule has 0 spiro atoms. The molecule has 1 amide bonds. The number of anilines is 1. The maximum Gasteiger partial charge on any atom is 0.573 e. The van der Waals surface area contributed by atoms with Crippen molar-refractivity contribution >= 4 is 11.7 Å². The summed E-state index contributed by atoms with van der Waals surface area (Å²) in [6.45, 7) is 0.642. The van der Waals surface area contributed by atoms with Gasteiger partial charge in [-0.05, 0) is 25.0 Å². The van der Waals surface area contributed by atoms with Crippen molar-refractivity contribution in [3.63, 3.8) is 0 Å². The molecule has 0 radical (unpaired) electrons. The average Bonchev–Trinajstić information content (AvgIpc) is 2.67. The Balaban J connectivity index is 1.74. The van der Waals surface area contributed by atoms with E-state index in [-0.39, 0.29) is 18.2 Å². The Kier molecular flexibility index (Phi) is 6.09. The van der Waals surface area contributed by atoms with Crippen LogP contribution in [0.3, 0.4) is 0 Å². The van der Waals surface area contributed by atoms with Gasteiger partial charge in [-0.25, -0.2) is 9.97 Å². The van der Waals surface area contributed by atoms with E-state index < -0.39 is 18.0 Å². The summed E-state index contributed by atoms with van der Waals surface area (Å²) in [7, 11) is 3.62. The Hall–Kier alpha value is -3.04. The van der Waals surface area contributed by atoms with Gasteiger partial charge in [-0.3, -0.25) is 4.79 Å². The van der Waals surface area contributed by atoms with Gasteiger partial charge in [-0.2, -0.15) is 0 Å². The number of nitrogens with zero attached hydrogens (tertiary/aromatic N) is 4. The monoisotopic (exact) mass is 410 g/mol. The fourth-order valence-electron chi connectivity index (χ4n) is 3.11. The van der Waals surface area contributed by atoms with Crippen LogP contribution in [-0.4, -0.2) is 60.4 Å². The molecule has 1 aliphatic heterocycles. The van der Waals surface area contributed by atoms with E-state index in [1.54, 1.807) is 11.1 Å². The zero-order valence-corrected chi connectivity index (χ0v) is 16.0. The number of alkyl halides is 3. The van der Waals surface area contributed by atoms with Crippen LogP contribution in [0.4, 0.5) is 19.0 Å². The van der Waals surface area contributed by atoms with Crippen LogP contribution in [0.2, 0.25) is 0 Å². The van der Waals surface area contributed by atoms with E-state index in [4.69, 9.17) is 4.74 Å². The second-order valence-electron chi connectivity index (χ2n) is 6.76. The zero-order chi connectivity index (χ0) is 21.0. The van der Waals surface area contributed by atoms with Gasteiger partial charge in [0.2, 0.25) is 0 Å². The van der Waals surface area contributed by atoms with E-state index in [2.05, 4.69) is 14.7 Å². The average molecular weight is 410 g/mol. The number of halogens is 3. The number of aromatic nitrogens is 2. The third kappa shape index (κ3) is 5.27. The van der Waals surface area contributed by atoms with Crippen molar-refractivity contribution < 1.29 is 27.4 Å². The number of likely N-dealkylation sites (tertiary alicyclic amines) is 1. The first-order valence-corrected chi connectivity index (χ1v) is 9.03. The molecular formula is C19H21F3N4O3. The number of para-hydroxylation sites is 1. The molecule has 7 nitrogen and oxygen atoms in total. The second kappa shape index (κ2) is 8.54. The normalized spacial score (nSPS) is 17.0. The van der Waals surface area contributed by atoms with Gasteiger partial charge in [0.25, 0.3) is 11.8 Å². The van der Waals surface area contributed by atoms with Gasteiger partial charge >= 0.3 is 6.36 Å². The predicted octanol–water partition coefficient (Wildman–Crippen LogP) is 3.12. The predicted molar refractivity (Wildman–Crippen MR) is 99.0 cm³/mol. The summed E-state index contributed by atoms with van der Waals surface area (Å²) in [5.41, 5.74) is -0.140. The van der Waals surface area contributed by atoms with Crippen molar-refractivity contribution in [1.82, 2.24) is 14.9 Å². The summed E-state index contributed by atoms with van der Waals surface area (Å²) < 4.78 is 47.9. The van der Waals surface area contributed by atoms with Gasteiger partial charge in [0.1, 0.15) is 11.9 Å². The first-order valence-electron chi connectivity index (χ1n) is 9.03. The molecule has 3 rings (SSSR count). The number of carbonyl (C=O) groups excluding carboxylic acids is 1. The van der Waals surface area contributed by atoms with E-state index in [0.29, 0.717) is 31.1 Å². The molecule has 1 fully saturated rings. The fourth-order valence-corrected chi connectivity index (χ4v) is 3.11. The van der Waals surface area contributed by atoms with Crippen LogP contribution in [-0.2, 0) is 0 Å². The molecule has 1 aromatic heterocycles. The molecule has 1 unspecified atom stereocenters. The number of amides is 1. The SMILES string of the molecule is CN(C)c1nccnc1OC1CCCN(C(=O)c2ccccc2OC(F)(F)F)C1. The van der Waals surface area contributed by atoms with E-state index >= 15 is 0 Å². The minimum Gasteiger partial charge on any atom is -0.470 e. The lowest BCUT2D eigenvalue weighted by atomic mass is 10.1. The van der Waals surface area contributed by atoms with Crippen LogP contribution in [0.15, 0.2) is 36.7 Å². The molecular weight excluding hydrogens is 389 g/mol. The molecule has 0 aliphatic carbocycles. The molecule has 10 heteroatoms. The topological polar surface area (TPSA) is 67.8 Å². The molecule has 1 saturated heterocycles. The third-order valence-electron chi connectivity index (χ3n) is 4.36. The van der Waals surface area contributed by atoms with Gasteiger partial charge in [-0.15, -0.1) is 13.2 Å². The van der Waals surface area contributed by atoms with Crippen molar-refractivity contribution in [2.24, 2.45) is 0 Å². The Bertz CT molecular complexity index is 861. The lowest BCUT2D eigenvalue weighted by molar-refractivity contribution is -0.274. The highest BCUT2D eigenvalue weighted by Gasteiger charge is 2.34. The van der Waals surface area contributed by atoms with Crippen molar-refractivity contribution in [3.05, 3.63) is 42.2 Å². The Morgan fingerprint density at radius 3 is 2.66 bits per heavy atom. The van der Waals surface area contributed by atoms with Crippen LogP contribution < -0.4 is 14.4 Å². The smallest absolute Gasteiger partial charge is 0.470 e. The molecule has 156 valence electrons. The van der Waals surface area contributed by atoms with E-state index in [0.717, 1.165) is 6.07 Å². The first kappa shape index (κ1) is 20.7. The van der Waals surface area contributed by atoms with Gasteiger partial charge < -0.3 is 19.3 Å².